The third-order valence-corrected chi connectivity index (χ3v) is 5.63. The van der Waals surface area contributed by atoms with Crippen LogP contribution >= 0.6 is 0 Å². The number of alkyl halides is 3. The van der Waals surface area contributed by atoms with Gasteiger partial charge in [0.05, 0.1) is 17.9 Å². The standard InChI is InChI=1S/C25H23F3N2O4/c1-3-22-20(29-23(34-22)16-4-6-18(7-5-16)25(26,27)28)11-13-33-19-8-9-21-17(14-19)10-12-30(21)15(2)24(31)32/h4-10,12,14-15H,3,11,13H2,1-2H3,(H,31,32). The maximum Gasteiger partial charge on any atom is 0.416 e. The number of hydrogen-bond acceptors (Lipinski definition) is 4. The van der Waals surface area contributed by atoms with Gasteiger partial charge in [-0.25, -0.2) is 9.78 Å². The Labute approximate surface area is 193 Å². The topological polar surface area (TPSA) is 77.5 Å². The zero-order valence-corrected chi connectivity index (χ0v) is 18.6. The van der Waals surface area contributed by atoms with Crippen molar-refractivity contribution >= 4 is 16.9 Å². The van der Waals surface area contributed by atoms with Crippen molar-refractivity contribution in [3.05, 3.63) is 71.7 Å². The predicted octanol–water partition coefficient (Wildman–Crippen LogP) is 6.14. The molecule has 0 saturated carbocycles. The molecular formula is C25H23F3N2O4. The fourth-order valence-corrected chi connectivity index (χ4v) is 3.73. The summed E-state index contributed by atoms with van der Waals surface area (Å²) in [7, 11) is 0. The minimum Gasteiger partial charge on any atom is -0.493 e. The van der Waals surface area contributed by atoms with Crippen LogP contribution in [0.1, 0.15) is 36.9 Å². The van der Waals surface area contributed by atoms with Gasteiger partial charge in [0.1, 0.15) is 17.6 Å². The van der Waals surface area contributed by atoms with Gasteiger partial charge in [0, 0.05) is 35.5 Å². The van der Waals surface area contributed by atoms with Crippen molar-refractivity contribution in [1.29, 1.82) is 0 Å². The Morgan fingerprint density at radius 3 is 2.56 bits per heavy atom. The van der Waals surface area contributed by atoms with E-state index in [9.17, 15) is 23.1 Å². The monoisotopic (exact) mass is 472 g/mol. The van der Waals surface area contributed by atoms with Crippen LogP contribution in [0.3, 0.4) is 0 Å². The second-order valence-corrected chi connectivity index (χ2v) is 7.87. The second kappa shape index (κ2) is 9.24. The zero-order valence-electron chi connectivity index (χ0n) is 18.6. The van der Waals surface area contributed by atoms with E-state index < -0.39 is 23.8 Å². The molecule has 0 radical (unpaired) electrons. The maximum absolute atomic E-state index is 12.8. The van der Waals surface area contributed by atoms with E-state index in [0.29, 0.717) is 42.2 Å². The molecule has 0 aliphatic carbocycles. The van der Waals surface area contributed by atoms with Gasteiger partial charge in [-0.1, -0.05) is 6.92 Å². The molecule has 2 aromatic heterocycles. The number of nitrogens with zero attached hydrogens (tertiary/aromatic N) is 2. The molecule has 2 aromatic carbocycles. The van der Waals surface area contributed by atoms with E-state index in [2.05, 4.69) is 4.98 Å². The summed E-state index contributed by atoms with van der Waals surface area (Å²) in [6.45, 7) is 3.86. The Hall–Kier alpha value is -3.75. The highest BCUT2D eigenvalue weighted by atomic mass is 19.4. The highest BCUT2D eigenvalue weighted by Crippen LogP contribution is 2.31. The van der Waals surface area contributed by atoms with Crippen molar-refractivity contribution in [3.8, 4) is 17.2 Å². The maximum atomic E-state index is 12.8. The molecule has 6 nitrogen and oxygen atoms in total. The van der Waals surface area contributed by atoms with Crippen molar-refractivity contribution < 1.29 is 32.2 Å². The van der Waals surface area contributed by atoms with Crippen LogP contribution in [0.4, 0.5) is 13.2 Å². The first kappa shape index (κ1) is 23.4. The summed E-state index contributed by atoms with van der Waals surface area (Å²) in [5.74, 6) is 0.662. The fraction of sp³-hybridized carbons (Fsp3) is 0.280. The molecule has 0 amide bonds. The first-order valence-electron chi connectivity index (χ1n) is 10.8. The van der Waals surface area contributed by atoms with Crippen molar-refractivity contribution in [1.82, 2.24) is 9.55 Å². The van der Waals surface area contributed by atoms with E-state index in [-0.39, 0.29) is 5.89 Å². The van der Waals surface area contributed by atoms with Crippen LogP contribution in [-0.4, -0.2) is 27.2 Å². The summed E-state index contributed by atoms with van der Waals surface area (Å²) in [5.41, 5.74) is 1.24. The fourth-order valence-electron chi connectivity index (χ4n) is 3.73. The Morgan fingerprint density at radius 2 is 1.91 bits per heavy atom. The summed E-state index contributed by atoms with van der Waals surface area (Å²) in [6.07, 6.45) is -1.61. The number of aryl methyl sites for hydroxylation is 1. The lowest BCUT2D eigenvalue weighted by atomic mass is 10.1. The summed E-state index contributed by atoms with van der Waals surface area (Å²) in [6, 6.07) is 11.3. The number of carboxylic acids is 1. The Bertz CT molecular complexity index is 1310. The Balaban J connectivity index is 1.44. The van der Waals surface area contributed by atoms with E-state index in [4.69, 9.17) is 9.15 Å². The smallest absolute Gasteiger partial charge is 0.416 e. The molecule has 0 aliphatic heterocycles. The molecule has 2 heterocycles. The quantitative estimate of drug-likeness (QED) is 0.333. The highest BCUT2D eigenvalue weighted by molar-refractivity contribution is 5.84. The van der Waals surface area contributed by atoms with Crippen LogP contribution in [-0.2, 0) is 23.8 Å². The third kappa shape index (κ3) is 4.78. The molecule has 4 rings (SSSR count). The van der Waals surface area contributed by atoms with Crippen LogP contribution in [0, 0.1) is 0 Å². The van der Waals surface area contributed by atoms with Gasteiger partial charge in [-0.15, -0.1) is 0 Å². The van der Waals surface area contributed by atoms with Gasteiger partial charge >= 0.3 is 12.1 Å². The first-order chi connectivity index (χ1) is 16.2. The summed E-state index contributed by atoms with van der Waals surface area (Å²) in [4.78, 5) is 15.8. The zero-order chi connectivity index (χ0) is 24.5. The molecule has 4 aromatic rings. The largest absolute Gasteiger partial charge is 0.493 e. The van der Waals surface area contributed by atoms with Crippen LogP contribution < -0.4 is 4.74 Å². The number of aromatic nitrogens is 2. The number of hydrogen-bond donors (Lipinski definition) is 1. The molecular weight excluding hydrogens is 449 g/mol. The summed E-state index contributed by atoms with van der Waals surface area (Å²) >= 11 is 0. The average molecular weight is 472 g/mol. The number of halogens is 3. The van der Waals surface area contributed by atoms with Gasteiger partial charge in [-0.2, -0.15) is 13.2 Å². The number of fused-ring (bicyclic) bond motifs is 1. The number of carboxylic acid groups (broad SMARTS) is 1. The molecule has 0 fully saturated rings. The van der Waals surface area contributed by atoms with Gasteiger partial charge in [0.25, 0.3) is 0 Å². The number of oxazole rings is 1. The molecule has 0 saturated heterocycles. The lowest BCUT2D eigenvalue weighted by Gasteiger charge is -2.11. The normalized spacial score (nSPS) is 12.7. The molecule has 1 N–H and O–H groups in total. The van der Waals surface area contributed by atoms with Gasteiger partial charge < -0.3 is 18.8 Å². The van der Waals surface area contributed by atoms with E-state index in [0.717, 1.165) is 23.0 Å². The van der Waals surface area contributed by atoms with Crippen LogP contribution in [0.2, 0.25) is 0 Å². The molecule has 1 unspecified atom stereocenters. The minimum absolute atomic E-state index is 0.274. The third-order valence-electron chi connectivity index (χ3n) is 5.63. The molecule has 0 aliphatic rings. The number of rotatable bonds is 8. The predicted molar refractivity (Wildman–Crippen MR) is 120 cm³/mol. The SMILES string of the molecule is CCc1oc(-c2ccc(C(F)(F)F)cc2)nc1CCOc1ccc2c(ccn2C(C)C(=O)O)c1. The van der Waals surface area contributed by atoms with E-state index in [1.54, 1.807) is 23.8 Å². The van der Waals surface area contributed by atoms with Gasteiger partial charge in [-0.3, -0.25) is 0 Å². The molecule has 0 bridgehead atoms. The molecule has 178 valence electrons. The average Bonchev–Trinajstić information content (AvgIpc) is 3.42. The Kier molecular flexibility index (Phi) is 6.37. The van der Waals surface area contributed by atoms with E-state index in [1.165, 1.54) is 12.1 Å². The van der Waals surface area contributed by atoms with E-state index in [1.807, 2.05) is 25.1 Å². The number of carbonyl (C=O) groups is 1. The molecule has 1 atom stereocenters. The van der Waals surface area contributed by atoms with Crippen LogP contribution in [0.25, 0.3) is 22.4 Å². The van der Waals surface area contributed by atoms with Crippen LogP contribution in [0.5, 0.6) is 5.75 Å². The lowest BCUT2D eigenvalue weighted by Crippen LogP contribution is -2.14. The highest BCUT2D eigenvalue weighted by Gasteiger charge is 2.30. The number of benzene rings is 2. The molecule has 34 heavy (non-hydrogen) atoms. The minimum atomic E-state index is -4.40. The van der Waals surface area contributed by atoms with Gasteiger partial charge in [-0.05, 0) is 55.5 Å². The van der Waals surface area contributed by atoms with Crippen molar-refractivity contribution in [3.63, 3.8) is 0 Å². The summed E-state index contributed by atoms with van der Waals surface area (Å²) in [5, 5.41) is 10.1. The summed E-state index contributed by atoms with van der Waals surface area (Å²) < 4.78 is 51.7. The number of ether oxygens (including phenoxy) is 1. The second-order valence-electron chi connectivity index (χ2n) is 7.87. The molecule has 9 heteroatoms. The first-order valence-corrected chi connectivity index (χ1v) is 10.8. The van der Waals surface area contributed by atoms with Crippen molar-refractivity contribution in [2.24, 2.45) is 0 Å². The molecule has 0 spiro atoms. The van der Waals surface area contributed by atoms with Gasteiger partial charge in [0.2, 0.25) is 5.89 Å². The van der Waals surface area contributed by atoms with Crippen molar-refractivity contribution in [2.45, 2.75) is 38.9 Å². The number of aliphatic carboxylic acids is 1. The van der Waals surface area contributed by atoms with E-state index >= 15 is 0 Å². The van der Waals surface area contributed by atoms with Crippen LogP contribution in [0.15, 0.2) is 59.1 Å². The van der Waals surface area contributed by atoms with Gasteiger partial charge in [0.15, 0.2) is 0 Å². The lowest BCUT2D eigenvalue weighted by molar-refractivity contribution is -0.140. The Morgan fingerprint density at radius 1 is 1.18 bits per heavy atom. The van der Waals surface area contributed by atoms with Crippen molar-refractivity contribution in [2.75, 3.05) is 6.61 Å².